The first-order chi connectivity index (χ1) is 10.6. The SMILES string of the molecule is C#CCNC(=O)c1ccc(NCC(CC)(CC)CCO)nc1. The lowest BCUT2D eigenvalue weighted by atomic mass is 9.79. The quantitative estimate of drug-likeness (QED) is 0.610. The monoisotopic (exact) mass is 303 g/mol. The molecule has 5 heteroatoms. The number of hydrogen-bond donors (Lipinski definition) is 3. The van der Waals surface area contributed by atoms with Crippen molar-refractivity contribution in [2.75, 3.05) is 25.0 Å². The third-order valence-electron chi connectivity index (χ3n) is 4.16. The Morgan fingerprint density at radius 1 is 1.41 bits per heavy atom. The van der Waals surface area contributed by atoms with Gasteiger partial charge in [0.1, 0.15) is 5.82 Å². The number of anilines is 1. The van der Waals surface area contributed by atoms with Gasteiger partial charge < -0.3 is 15.7 Å². The highest BCUT2D eigenvalue weighted by atomic mass is 16.3. The molecule has 5 nitrogen and oxygen atoms in total. The molecule has 120 valence electrons. The molecule has 0 atom stereocenters. The summed E-state index contributed by atoms with van der Waals surface area (Å²) in [4.78, 5) is 16.0. The van der Waals surface area contributed by atoms with Crippen LogP contribution < -0.4 is 10.6 Å². The molecular weight excluding hydrogens is 278 g/mol. The molecule has 0 aromatic carbocycles. The Hall–Kier alpha value is -2.06. The van der Waals surface area contributed by atoms with E-state index in [9.17, 15) is 9.90 Å². The third-order valence-corrected chi connectivity index (χ3v) is 4.16. The number of aromatic nitrogens is 1. The van der Waals surface area contributed by atoms with Crippen LogP contribution in [0.3, 0.4) is 0 Å². The van der Waals surface area contributed by atoms with Gasteiger partial charge in [-0.2, -0.15) is 0 Å². The van der Waals surface area contributed by atoms with E-state index in [4.69, 9.17) is 6.42 Å². The van der Waals surface area contributed by atoms with E-state index in [1.807, 2.05) is 0 Å². The van der Waals surface area contributed by atoms with Crippen molar-refractivity contribution in [3.63, 3.8) is 0 Å². The summed E-state index contributed by atoms with van der Waals surface area (Å²) < 4.78 is 0. The number of pyridine rings is 1. The van der Waals surface area contributed by atoms with Crippen LogP contribution in [0.15, 0.2) is 18.3 Å². The van der Waals surface area contributed by atoms with Crippen molar-refractivity contribution >= 4 is 11.7 Å². The van der Waals surface area contributed by atoms with E-state index in [0.29, 0.717) is 5.56 Å². The van der Waals surface area contributed by atoms with Crippen LogP contribution in [0.25, 0.3) is 0 Å². The minimum absolute atomic E-state index is 0.0687. The average Bonchev–Trinajstić information content (AvgIpc) is 2.57. The fourth-order valence-electron chi connectivity index (χ4n) is 2.32. The number of terminal acetylenes is 1. The Bertz CT molecular complexity index is 502. The second-order valence-electron chi connectivity index (χ2n) is 5.35. The minimum Gasteiger partial charge on any atom is -0.396 e. The molecule has 1 amide bonds. The molecule has 1 aromatic rings. The zero-order valence-corrected chi connectivity index (χ0v) is 13.4. The van der Waals surface area contributed by atoms with E-state index < -0.39 is 0 Å². The Balaban J connectivity index is 2.64. The molecule has 0 fully saturated rings. The summed E-state index contributed by atoms with van der Waals surface area (Å²) in [5, 5.41) is 15.1. The maximum atomic E-state index is 11.7. The molecular formula is C17H25N3O2. The Labute approximate surface area is 132 Å². The van der Waals surface area contributed by atoms with Crippen LogP contribution in [0.1, 0.15) is 43.5 Å². The molecule has 0 radical (unpaired) electrons. The van der Waals surface area contributed by atoms with Crippen LogP contribution >= 0.6 is 0 Å². The van der Waals surface area contributed by atoms with Crippen molar-refractivity contribution in [3.05, 3.63) is 23.9 Å². The molecule has 0 saturated carbocycles. The summed E-state index contributed by atoms with van der Waals surface area (Å²) in [5.41, 5.74) is 0.549. The second kappa shape index (κ2) is 9.06. The maximum absolute atomic E-state index is 11.7. The molecule has 0 saturated heterocycles. The zero-order chi connectivity index (χ0) is 16.4. The highest BCUT2D eigenvalue weighted by Crippen LogP contribution is 2.30. The standard InChI is InChI=1S/C17H25N3O2/c1-4-10-18-16(22)14-7-8-15(19-12-14)20-13-17(5-2,6-3)9-11-21/h1,7-8,12,21H,5-6,9-11,13H2,2-3H3,(H,18,22)(H,19,20). The van der Waals surface area contributed by atoms with E-state index in [1.165, 1.54) is 6.20 Å². The topological polar surface area (TPSA) is 74.2 Å². The fourth-order valence-corrected chi connectivity index (χ4v) is 2.32. The lowest BCUT2D eigenvalue weighted by Gasteiger charge is -2.31. The highest BCUT2D eigenvalue weighted by molar-refractivity contribution is 5.94. The van der Waals surface area contributed by atoms with Gasteiger partial charge in [0.15, 0.2) is 0 Å². The number of carbonyl (C=O) groups is 1. The highest BCUT2D eigenvalue weighted by Gasteiger charge is 2.25. The van der Waals surface area contributed by atoms with Crippen LogP contribution in [0, 0.1) is 17.8 Å². The first-order valence-electron chi connectivity index (χ1n) is 7.63. The number of carbonyl (C=O) groups excluding carboxylic acids is 1. The van der Waals surface area contributed by atoms with Crippen LogP contribution in [0.5, 0.6) is 0 Å². The molecule has 22 heavy (non-hydrogen) atoms. The van der Waals surface area contributed by atoms with Gasteiger partial charge >= 0.3 is 0 Å². The Morgan fingerprint density at radius 3 is 2.64 bits per heavy atom. The molecule has 1 rings (SSSR count). The zero-order valence-electron chi connectivity index (χ0n) is 13.4. The fraction of sp³-hybridized carbons (Fsp3) is 0.529. The predicted molar refractivity (Wildman–Crippen MR) is 88.6 cm³/mol. The maximum Gasteiger partial charge on any atom is 0.253 e. The molecule has 0 spiro atoms. The minimum atomic E-state index is -0.228. The summed E-state index contributed by atoms with van der Waals surface area (Å²) in [6, 6.07) is 3.49. The summed E-state index contributed by atoms with van der Waals surface area (Å²) in [7, 11) is 0. The average molecular weight is 303 g/mol. The lowest BCUT2D eigenvalue weighted by molar-refractivity contribution is 0.0958. The molecule has 1 aromatic heterocycles. The number of aliphatic hydroxyl groups excluding tert-OH is 1. The first-order valence-corrected chi connectivity index (χ1v) is 7.63. The summed E-state index contributed by atoms with van der Waals surface area (Å²) >= 11 is 0. The van der Waals surface area contributed by atoms with Crippen LogP contribution in [-0.2, 0) is 0 Å². The molecule has 1 heterocycles. The molecule has 0 aliphatic carbocycles. The van der Waals surface area contributed by atoms with Crippen molar-refractivity contribution in [3.8, 4) is 12.3 Å². The molecule has 0 unspecified atom stereocenters. The summed E-state index contributed by atoms with van der Waals surface area (Å²) in [5.74, 6) is 2.85. The predicted octanol–water partition coefficient (Wildman–Crippen LogP) is 2.05. The van der Waals surface area contributed by atoms with Gasteiger partial charge in [-0.15, -0.1) is 6.42 Å². The van der Waals surface area contributed by atoms with Gasteiger partial charge in [-0.05, 0) is 36.8 Å². The first kappa shape index (κ1) is 18.0. The number of rotatable bonds is 9. The largest absolute Gasteiger partial charge is 0.396 e. The van der Waals surface area contributed by atoms with Gasteiger partial charge in [0.05, 0.1) is 12.1 Å². The second-order valence-corrected chi connectivity index (χ2v) is 5.35. The van der Waals surface area contributed by atoms with Gasteiger partial charge in [-0.1, -0.05) is 19.8 Å². The molecule has 0 aliphatic heterocycles. The lowest BCUT2D eigenvalue weighted by Crippen LogP contribution is -2.30. The van der Waals surface area contributed by atoms with Crippen LogP contribution in [-0.4, -0.2) is 35.7 Å². The normalized spacial score (nSPS) is 10.8. The van der Waals surface area contributed by atoms with E-state index >= 15 is 0 Å². The van der Waals surface area contributed by atoms with Gasteiger partial charge in [0, 0.05) is 19.3 Å². The van der Waals surface area contributed by atoms with Crippen molar-refractivity contribution in [2.45, 2.75) is 33.1 Å². The molecule has 0 bridgehead atoms. The Morgan fingerprint density at radius 2 is 2.14 bits per heavy atom. The van der Waals surface area contributed by atoms with E-state index in [1.54, 1.807) is 12.1 Å². The van der Waals surface area contributed by atoms with Crippen LogP contribution in [0.4, 0.5) is 5.82 Å². The van der Waals surface area contributed by atoms with Gasteiger partial charge in [-0.25, -0.2) is 4.98 Å². The summed E-state index contributed by atoms with van der Waals surface area (Å²) in [6.45, 7) is 5.40. The number of nitrogens with zero attached hydrogens (tertiary/aromatic N) is 1. The molecule has 0 aliphatic rings. The van der Waals surface area contributed by atoms with Gasteiger partial charge in [0.2, 0.25) is 0 Å². The smallest absolute Gasteiger partial charge is 0.253 e. The van der Waals surface area contributed by atoms with Crippen molar-refractivity contribution in [2.24, 2.45) is 5.41 Å². The summed E-state index contributed by atoms with van der Waals surface area (Å²) in [6.07, 6.45) is 9.37. The van der Waals surface area contributed by atoms with Crippen molar-refractivity contribution < 1.29 is 9.90 Å². The van der Waals surface area contributed by atoms with Crippen LogP contribution in [0.2, 0.25) is 0 Å². The number of aliphatic hydroxyl groups is 1. The van der Waals surface area contributed by atoms with Crippen molar-refractivity contribution in [1.82, 2.24) is 10.3 Å². The van der Waals surface area contributed by atoms with Gasteiger partial charge in [-0.3, -0.25) is 4.79 Å². The number of hydrogen-bond acceptors (Lipinski definition) is 4. The molecule has 3 N–H and O–H groups in total. The van der Waals surface area contributed by atoms with E-state index in [0.717, 1.165) is 31.6 Å². The number of amides is 1. The van der Waals surface area contributed by atoms with Gasteiger partial charge in [0.25, 0.3) is 5.91 Å². The third kappa shape index (κ3) is 5.05. The van der Waals surface area contributed by atoms with E-state index in [-0.39, 0.29) is 24.5 Å². The Kier molecular flexibility index (Phi) is 7.41. The van der Waals surface area contributed by atoms with Crippen molar-refractivity contribution in [1.29, 1.82) is 0 Å². The van der Waals surface area contributed by atoms with E-state index in [2.05, 4.69) is 35.4 Å². The number of nitrogens with one attached hydrogen (secondary N) is 2.